The molecule has 5 rings (SSSR count). The predicted octanol–water partition coefficient (Wildman–Crippen LogP) is 5.33. The zero-order valence-electron chi connectivity index (χ0n) is 19.7. The van der Waals surface area contributed by atoms with E-state index < -0.39 is 0 Å². The van der Waals surface area contributed by atoms with E-state index in [9.17, 15) is 4.79 Å². The van der Waals surface area contributed by atoms with Crippen LogP contribution in [0.2, 0.25) is 0 Å². The third kappa shape index (κ3) is 5.02. The lowest BCUT2D eigenvalue weighted by molar-refractivity contribution is -0.114. The Labute approximate surface area is 200 Å². The molecule has 1 aliphatic rings. The second-order valence-corrected chi connectivity index (χ2v) is 9.09. The lowest BCUT2D eigenvalue weighted by Crippen LogP contribution is -2.34. The van der Waals surface area contributed by atoms with Crippen molar-refractivity contribution in [3.63, 3.8) is 0 Å². The Hall–Kier alpha value is -3.51. The molecule has 1 aliphatic heterocycles. The van der Waals surface area contributed by atoms with E-state index >= 15 is 0 Å². The molecule has 1 N–H and O–H groups in total. The summed E-state index contributed by atoms with van der Waals surface area (Å²) in [5.74, 6) is 1.55. The SMILES string of the molecule is CC(=O)Nc1cccc(C2CCN(CCCn3c(-c4ccncc4)nc4ccccc43)CC2)c1. The van der Waals surface area contributed by atoms with Crippen LogP contribution in [-0.4, -0.2) is 45.0 Å². The second-order valence-electron chi connectivity index (χ2n) is 9.09. The van der Waals surface area contributed by atoms with E-state index in [1.165, 1.54) is 11.1 Å². The molecule has 4 aromatic rings. The Morgan fingerprint density at radius 2 is 1.79 bits per heavy atom. The molecule has 1 amide bonds. The quantitative estimate of drug-likeness (QED) is 0.411. The molecule has 2 aromatic carbocycles. The van der Waals surface area contributed by atoms with Gasteiger partial charge in [-0.05, 0) is 86.8 Å². The minimum Gasteiger partial charge on any atom is -0.326 e. The van der Waals surface area contributed by atoms with Crippen molar-refractivity contribution in [2.24, 2.45) is 0 Å². The summed E-state index contributed by atoms with van der Waals surface area (Å²) in [6, 6.07) is 20.8. The third-order valence-electron chi connectivity index (χ3n) is 6.72. The number of aryl methyl sites for hydroxylation is 1. The first-order valence-corrected chi connectivity index (χ1v) is 12.1. The lowest BCUT2D eigenvalue weighted by atomic mass is 9.89. The van der Waals surface area contributed by atoms with Crippen LogP contribution in [-0.2, 0) is 11.3 Å². The number of likely N-dealkylation sites (tertiary alicyclic amines) is 1. The van der Waals surface area contributed by atoms with Crippen LogP contribution < -0.4 is 5.32 Å². The van der Waals surface area contributed by atoms with Crippen molar-refractivity contribution in [1.29, 1.82) is 0 Å². The molecule has 0 radical (unpaired) electrons. The molecule has 0 aliphatic carbocycles. The summed E-state index contributed by atoms with van der Waals surface area (Å²) in [6.45, 7) is 5.80. The summed E-state index contributed by atoms with van der Waals surface area (Å²) in [6.07, 6.45) is 7.05. The number of benzene rings is 2. The maximum atomic E-state index is 11.4. The van der Waals surface area contributed by atoms with Crippen LogP contribution in [0, 0.1) is 0 Å². The van der Waals surface area contributed by atoms with Crippen LogP contribution in [0.3, 0.4) is 0 Å². The molecule has 1 fully saturated rings. The van der Waals surface area contributed by atoms with E-state index in [0.717, 1.165) is 68.0 Å². The van der Waals surface area contributed by atoms with E-state index in [1.807, 2.05) is 42.7 Å². The van der Waals surface area contributed by atoms with Crippen LogP contribution in [0.15, 0.2) is 73.1 Å². The standard InChI is InChI=1S/C28H31N5O/c1-21(34)30-25-7-4-6-24(20-25)22-12-18-32(19-13-22)16-5-17-33-27-9-3-2-8-26(27)31-28(33)23-10-14-29-15-11-23/h2-4,6-11,14-15,20,22H,5,12-13,16-19H2,1H3,(H,30,34). The van der Waals surface area contributed by atoms with E-state index in [4.69, 9.17) is 4.98 Å². The number of carbonyl (C=O) groups is 1. The van der Waals surface area contributed by atoms with Gasteiger partial charge in [-0.2, -0.15) is 0 Å². The first-order chi connectivity index (χ1) is 16.7. The number of nitrogens with zero attached hydrogens (tertiary/aromatic N) is 4. The summed E-state index contributed by atoms with van der Waals surface area (Å²) < 4.78 is 2.35. The van der Waals surface area contributed by atoms with Crippen molar-refractivity contribution in [2.75, 3.05) is 25.0 Å². The molecule has 0 unspecified atom stereocenters. The number of nitrogens with one attached hydrogen (secondary N) is 1. The minimum absolute atomic E-state index is 0.0234. The first kappa shape index (κ1) is 22.3. The molecular formula is C28H31N5O. The van der Waals surface area contributed by atoms with Gasteiger partial charge in [0, 0.05) is 37.1 Å². The highest BCUT2D eigenvalue weighted by Gasteiger charge is 2.21. The molecular weight excluding hydrogens is 422 g/mol. The zero-order valence-corrected chi connectivity index (χ0v) is 19.7. The van der Waals surface area contributed by atoms with Crippen molar-refractivity contribution < 1.29 is 4.79 Å². The summed E-state index contributed by atoms with van der Waals surface area (Å²) in [4.78, 5) is 23.0. The summed E-state index contributed by atoms with van der Waals surface area (Å²) in [5, 5.41) is 2.90. The number of carbonyl (C=O) groups excluding carboxylic acids is 1. The Balaban J connectivity index is 1.20. The van der Waals surface area contributed by atoms with Gasteiger partial charge in [-0.25, -0.2) is 4.98 Å². The average Bonchev–Trinajstić information content (AvgIpc) is 3.23. The van der Waals surface area contributed by atoms with Gasteiger partial charge in [0.2, 0.25) is 5.91 Å². The van der Waals surface area contributed by atoms with E-state index in [1.54, 1.807) is 6.92 Å². The number of pyridine rings is 1. The highest BCUT2D eigenvalue weighted by atomic mass is 16.1. The number of aromatic nitrogens is 3. The highest BCUT2D eigenvalue weighted by molar-refractivity contribution is 5.88. The van der Waals surface area contributed by atoms with Crippen LogP contribution in [0.4, 0.5) is 5.69 Å². The number of amides is 1. The lowest BCUT2D eigenvalue weighted by Gasteiger charge is -2.32. The molecule has 0 spiro atoms. The van der Waals surface area contributed by atoms with Gasteiger partial charge < -0.3 is 14.8 Å². The maximum absolute atomic E-state index is 11.4. The molecule has 6 heteroatoms. The molecule has 0 atom stereocenters. The van der Waals surface area contributed by atoms with Crippen LogP contribution >= 0.6 is 0 Å². The predicted molar refractivity (Wildman–Crippen MR) is 137 cm³/mol. The van der Waals surface area contributed by atoms with Gasteiger partial charge >= 0.3 is 0 Å². The number of hydrogen-bond acceptors (Lipinski definition) is 4. The van der Waals surface area contributed by atoms with Gasteiger partial charge in [0.1, 0.15) is 5.82 Å². The third-order valence-corrected chi connectivity index (χ3v) is 6.72. The van der Waals surface area contributed by atoms with E-state index in [0.29, 0.717) is 5.92 Å². The van der Waals surface area contributed by atoms with Crippen molar-refractivity contribution in [1.82, 2.24) is 19.4 Å². The molecule has 0 saturated carbocycles. The van der Waals surface area contributed by atoms with Crippen LogP contribution in [0.1, 0.15) is 37.7 Å². The smallest absolute Gasteiger partial charge is 0.221 e. The molecule has 34 heavy (non-hydrogen) atoms. The fourth-order valence-corrected chi connectivity index (χ4v) is 5.04. The Bertz CT molecular complexity index is 1260. The first-order valence-electron chi connectivity index (χ1n) is 12.1. The monoisotopic (exact) mass is 453 g/mol. The number of para-hydroxylation sites is 2. The maximum Gasteiger partial charge on any atom is 0.221 e. The van der Waals surface area contributed by atoms with Crippen molar-refractivity contribution in [2.45, 2.75) is 38.6 Å². The van der Waals surface area contributed by atoms with Crippen molar-refractivity contribution in [3.8, 4) is 11.4 Å². The Morgan fingerprint density at radius 1 is 1.00 bits per heavy atom. The highest BCUT2D eigenvalue weighted by Crippen LogP contribution is 2.30. The normalized spacial score (nSPS) is 15.0. The van der Waals surface area contributed by atoms with Gasteiger partial charge in [-0.15, -0.1) is 0 Å². The van der Waals surface area contributed by atoms with Crippen LogP contribution in [0.25, 0.3) is 22.4 Å². The number of rotatable bonds is 7. The number of imidazole rings is 1. The van der Waals surface area contributed by atoms with Crippen LogP contribution in [0.5, 0.6) is 0 Å². The van der Waals surface area contributed by atoms with Gasteiger partial charge in [0.25, 0.3) is 0 Å². The fraction of sp³-hybridized carbons (Fsp3) is 0.321. The van der Waals surface area contributed by atoms with E-state index in [2.05, 4.69) is 50.1 Å². The molecule has 2 aromatic heterocycles. The molecule has 1 saturated heterocycles. The molecule has 0 bridgehead atoms. The number of piperidine rings is 1. The zero-order chi connectivity index (χ0) is 23.3. The average molecular weight is 454 g/mol. The minimum atomic E-state index is -0.0234. The fourth-order valence-electron chi connectivity index (χ4n) is 5.04. The number of anilines is 1. The van der Waals surface area contributed by atoms with Gasteiger partial charge in [-0.1, -0.05) is 24.3 Å². The van der Waals surface area contributed by atoms with Crippen molar-refractivity contribution >= 4 is 22.6 Å². The Kier molecular flexibility index (Phi) is 6.67. The summed E-state index contributed by atoms with van der Waals surface area (Å²) in [5.41, 5.74) is 5.56. The van der Waals surface area contributed by atoms with Gasteiger partial charge in [0.15, 0.2) is 0 Å². The van der Waals surface area contributed by atoms with Gasteiger partial charge in [0.05, 0.1) is 11.0 Å². The molecule has 174 valence electrons. The summed E-state index contributed by atoms with van der Waals surface area (Å²) >= 11 is 0. The van der Waals surface area contributed by atoms with E-state index in [-0.39, 0.29) is 5.91 Å². The number of hydrogen-bond donors (Lipinski definition) is 1. The molecule has 6 nitrogen and oxygen atoms in total. The summed E-state index contributed by atoms with van der Waals surface area (Å²) in [7, 11) is 0. The molecule has 3 heterocycles. The van der Waals surface area contributed by atoms with Gasteiger partial charge in [-0.3, -0.25) is 9.78 Å². The topological polar surface area (TPSA) is 63.1 Å². The number of fused-ring (bicyclic) bond motifs is 1. The second kappa shape index (κ2) is 10.2. The van der Waals surface area contributed by atoms with Crippen molar-refractivity contribution in [3.05, 3.63) is 78.6 Å². The largest absolute Gasteiger partial charge is 0.326 e. The Morgan fingerprint density at radius 3 is 2.59 bits per heavy atom.